The number of anilines is 2. The molecular weight excluding hydrogens is 398 g/mol. The monoisotopic (exact) mass is 419 g/mol. The first-order valence-electron chi connectivity index (χ1n) is 8.93. The SMILES string of the molecule is Nc1ccc(O)cc1C(=O)OCC(=O)Nc1ccc(S(=O)(=O)N2CCCC2)cc1. The number of ether oxygens (including phenoxy) is 1. The van der Waals surface area contributed by atoms with Gasteiger partial charge in [0.15, 0.2) is 6.61 Å². The minimum absolute atomic E-state index is 0.0470. The molecule has 2 aromatic rings. The van der Waals surface area contributed by atoms with Gasteiger partial charge in [-0.1, -0.05) is 0 Å². The molecule has 4 N–H and O–H groups in total. The minimum Gasteiger partial charge on any atom is -0.508 e. The summed E-state index contributed by atoms with van der Waals surface area (Å²) in [5, 5.41) is 11.9. The van der Waals surface area contributed by atoms with Crippen molar-refractivity contribution in [2.75, 3.05) is 30.7 Å². The van der Waals surface area contributed by atoms with Crippen LogP contribution in [0.5, 0.6) is 5.75 Å². The van der Waals surface area contributed by atoms with E-state index >= 15 is 0 Å². The number of amides is 1. The molecule has 0 spiro atoms. The Balaban J connectivity index is 1.57. The molecule has 0 unspecified atom stereocenters. The third kappa shape index (κ3) is 4.84. The summed E-state index contributed by atoms with van der Waals surface area (Å²) in [7, 11) is -3.52. The van der Waals surface area contributed by atoms with Gasteiger partial charge in [0.2, 0.25) is 10.0 Å². The first-order chi connectivity index (χ1) is 13.8. The predicted octanol–water partition coefficient (Wildman–Crippen LogP) is 1.55. The summed E-state index contributed by atoms with van der Waals surface area (Å²) in [5.74, 6) is -1.60. The van der Waals surface area contributed by atoms with E-state index in [1.54, 1.807) is 0 Å². The fourth-order valence-electron chi connectivity index (χ4n) is 2.91. The van der Waals surface area contributed by atoms with Crippen LogP contribution in [0.3, 0.4) is 0 Å². The Hall–Kier alpha value is -3.11. The van der Waals surface area contributed by atoms with Crippen molar-refractivity contribution in [1.29, 1.82) is 0 Å². The summed E-state index contributed by atoms with van der Waals surface area (Å²) >= 11 is 0. The van der Waals surface area contributed by atoms with Crippen LogP contribution in [0, 0.1) is 0 Å². The number of carbonyl (C=O) groups excluding carboxylic acids is 2. The van der Waals surface area contributed by atoms with E-state index < -0.39 is 28.5 Å². The number of hydrogen-bond acceptors (Lipinski definition) is 7. The molecule has 9 nitrogen and oxygen atoms in total. The van der Waals surface area contributed by atoms with Gasteiger partial charge >= 0.3 is 5.97 Å². The zero-order valence-electron chi connectivity index (χ0n) is 15.5. The van der Waals surface area contributed by atoms with Crippen molar-refractivity contribution in [2.45, 2.75) is 17.7 Å². The maximum absolute atomic E-state index is 12.5. The van der Waals surface area contributed by atoms with Gasteiger partial charge in [-0.3, -0.25) is 4.79 Å². The molecule has 2 aromatic carbocycles. The number of nitrogens with zero attached hydrogens (tertiary/aromatic N) is 1. The molecule has 1 heterocycles. The van der Waals surface area contributed by atoms with E-state index in [0.717, 1.165) is 18.9 Å². The van der Waals surface area contributed by atoms with Crippen LogP contribution in [0.2, 0.25) is 0 Å². The lowest BCUT2D eigenvalue weighted by Gasteiger charge is -2.15. The highest BCUT2D eigenvalue weighted by Gasteiger charge is 2.27. The highest BCUT2D eigenvalue weighted by atomic mass is 32.2. The minimum atomic E-state index is -3.52. The molecule has 0 radical (unpaired) electrons. The standard InChI is InChI=1S/C19H21N3O6S/c20-17-8-5-14(23)11-16(17)19(25)28-12-18(24)21-13-3-6-15(7-4-13)29(26,27)22-9-1-2-10-22/h3-8,11,23H,1-2,9-10,12,20H2,(H,21,24). The number of phenols is 1. The van der Waals surface area contributed by atoms with Crippen molar-refractivity contribution in [3.63, 3.8) is 0 Å². The predicted molar refractivity (Wildman–Crippen MR) is 106 cm³/mol. The summed E-state index contributed by atoms with van der Waals surface area (Å²) in [5.41, 5.74) is 6.08. The Morgan fingerprint density at radius 1 is 1.10 bits per heavy atom. The Morgan fingerprint density at radius 3 is 2.41 bits per heavy atom. The van der Waals surface area contributed by atoms with Crippen molar-refractivity contribution < 1.29 is 27.9 Å². The third-order valence-corrected chi connectivity index (χ3v) is 6.34. The van der Waals surface area contributed by atoms with Crippen LogP contribution >= 0.6 is 0 Å². The van der Waals surface area contributed by atoms with Gasteiger partial charge in [-0.05, 0) is 55.3 Å². The van der Waals surface area contributed by atoms with E-state index in [1.807, 2.05) is 0 Å². The highest BCUT2D eigenvalue weighted by molar-refractivity contribution is 7.89. The van der Waals surface area contributed by atoms with Crippen LogP contribution < -0.4 is 11.1 Å². The molecule has 10 heteroatoms. The summed E-state index contributed by atoms with van der Waals surface area (Å²) in [6.07, 6.45) is 1.70. The van der Waals surface area contributed by atoms with Crippen LogP contribution in [-0.4, -0.2) is 49.4 Å². The molecule has 0 saturated carbocycles. The number of nitrogens with one attached hydrogen (secondary N) is 1. The molecule has 1 aliphatic heterocycles. The number of nitrogens with two attached hydrogens (primary N) is 1. The molecule has 0 atom stereocenters. The van der Waals surface area contributed by atoms with Gasteiger partial charge in [0.05, 0.1) is 10.5 Å². The Kier molecular flexibility index (Phi) is 6.04. The summed E-state index contributed by atoms with van der Waals surface area (Å²) < 4.78 is 31.3. The van der Waals surface area contributed by atoms with Gasteiger partial charge in [0, 0.05) is 24.5 Å². The van der Waals surface area contributed by atoms with Crippen LogP contribution in [0.4, 0.5) is 11.4 Å². The molecule has 154 valence electrons. The number of aromatic hydroxyl groups is 1. The number of benzene rings is 2. The maximum atomic E-state index is 12.5. The van der Waals surface area contributed by atoms with Crippen molar-refractivity contribution >= 4 is 33.3 Å². The van der Waals surface area contributed by atoms with Gasteiger partial charge in [-0.2, -0.15) is 4.31 Å². The smallest absolute Gasteiger partial charge is 0.340 e. The van der Waals surface area contributed by atoms with Gasteiger partial charge < -0.3 is 20.9 Å². The van der Waals surface area contributed by atoms with Crippen molar-refractivity contribution in [1.82, 2.24) is 4.31 Å². The second-order valence-corrected chi connectivity index (χ2v) is 8.47. The number of nitrogen functional groups attached to an aromatic ring is 1. The van der Waals surface area contributed by atoms with Crippen LogP contribution in [-0.2, 0) is 19.6 Å². The first-order valence-corrected chi connectivity index (χ1v) is 10.4. The molecule has 0 aromatic heterocycles. The lowest BCUT2D eigenvalue weighted by Crippen LogP contribution is -2.27. The summed E-state index contributed by atoms with van der Waals surface area (Å²) in [6.45, 7) is 0.452. The van der Waals surface area contributed by atoms with E-state index in [1.165, 1.54) is 40.7 Å². The van der Waals surface area contributed by atoms with E-state index in [9.17, 15) is 23.1 Å². The number of sulfonamides is 1. The first kappa shape index (κ1) is 20.6. The number of esters is 1. The average Bonchev–Trinajstić information content (AvgIpc) is 3.24. The Morgan fingerprint density at radius 2 is 1.76 bits per heavy atom. The van der Waals surface area contributed by atoms with Crippen molar-refractivity contribution in [2.24, 2.45) is 0 Å². The quantitative estimate of drug-likeness (QED) is 0.367. The van der Waals surface area contributed by atoms with Crippen molar-refractivity contribution in [3.8, 4) is 5.75 Å². The number of rotatable bonds is 6. The molecular formula is C19H21N3O6S. The molecule has 1 fully saturated rings. The second-order valence-electron chi connectivity index (χ2n) is 6.53. The van der Waals surface area contributed by atoms with Crippen LogP contribution in [0.15, 0.2) is 47.4 Å². The zero-order chi connectivity index (χ0) is 21.0. The molecule has 1 amide bonds. The second kappa shape index (κ2) is 8.50. The van der Waals surface area contributed by atoms with Gasteiger partial charge in [0.25, 0.3) is 5.91 Å². The molecule has 1 saturated heterocycles. The normalized spacial score (nSPS) is 14.5. The maximum Gasteiger partial charge on any atom is 0.340 e. The molecule has 0 bridgehead atoms. The largest absolute Gasteiger partial charge is 0.508 e. The van der Waals surface area contributed by atoms with Crippen LogP contribution in [0.25, 0.3) is 0 Å². The van der Waals surface area contributed by atoms with Gasteiger partial charge in [-0.15, -0.1) is 0 Å². The molecule has 0 aliphatic carbocycles. The number of hydrogen-bond donors (Lipinski definition) is 3. The summed E-state index contributed by atoms with van der Waals surface area (Å²) in [6, 6.07) is 9.60. The topological polar surface area (TPSA) is 139 Å². The lowest BCUT2D eigenvalue weighted by atomic mass is 10.2. The highest BCUT2D eigenvalue weighted by Crippen LogP contribution is 2.22. The van der Waals surface area contributed by atoms with E-state index in [4.69, 9.17) is 10.5 Å². The van der Waals surface area contributed by atoms with E-state index in [0.29, 0.717) is 18.8 Å². The Bertz CT molecular complexity index is 1010. The fraction of sp³-hybridized carbons (Fsp3) is 0.263. The van der Waals surface area contributed by atoms with Gasteiger partial charge in [0.1, 0.15) is 5.75 Å². The van der Waals surface area contributed by atoms with E-state index in [2.05, 4.69) is 5.32 Å². The van der Waals surface area contributed by atoms with Crippen LogP contribution in [0.1, 0.15) is 23.2 Å². The van der Waals surface area contributed by atoms with E-state index in [-0.39, 0.29) is 21.9 Å². The molecule has 29 heavy (non-hydrogen) atoms. The van der Waals surface area contributed by atoms with Gasteiger partial charge in [-0.25, -0.2) is 13.2 Å². The Labute approximate surface area is 168 Å². The summed E-state index contributed by atoms with van der Waals surface area (Å²) in [4.78, 5) is 24.1. The molecule has 1 aliphatic rings. The molecule has 3 rings (SSSR count). The lowest BCUT2D eigenvalue weighted by molar-refractivity contribution is -0.119. The van der Waals surface area contributed by atoms with Crippen molar-refractivity contribution in [3.05, 3.63) is 48.0 Å². The number of phenolic OH excluding ortho intramolecular Hbond substituents is 1. The number of carbonyl (C=O) groups is 2. The third-order valence-electron chi connectivity index (χ3n) is 4.43. The zero-order valence-corrected chi connectivity index (χ0v) is 16.3. The fourth-order valence-corrected chi connectivity index (χ4v) is 4.43. The average molecular weight is 419 g/mol.